The predicted octanol–water partition coefficient (Wildman–Crippen LogP) is 3.40. The normalized spacial score (nSPS) is 10.6. The van der Waals surface area contributed by atoms with Gasteiger partial charge in [0.2, 0.25) is 0 Å². The van der Waals surface area contributed by atoms with E-state index in [2.05, 4.69) is 11.9 Å². The van der Waals surface area contributed by atoms with E-state index in [0.29, 0.717) is 6.54 Å². The molecule has 106 valence electrons. The summed E-state index contributed by atoms with van der Waals surface area (Å²) >= 11 is 0. The van der Waals surface area contributed by atoms with Crippen LogP contribution in [0.4, 0.5) is 15.9 Å². The van der Waals surface area contributed by atoms with E-state index in [0.717, 1.165) is 35.6 Å². The van der Waals surface area contributed by atoms with Crippen LogP contribution in [0.15, 0.2) is 36.4 Å². The third-order valence-corrected chi connectivity index (χ3v) is 3.21. The van der Waals surface area contributed by atoms with Gasteiger partial charge >= 0.3 is 0 Å². The zero-order valence-electron chi connectivity index (χ0n) is 11.9. The van der Waals surface area contributed by atoms with E-state index in [1.165, 1.54) is 12.1 Å². The summed E-state index contributed by atoms with van der Waals surface area (Å²) in [6.45, 7) is 2.59. The van der Waals surface area contributed by atoms with Crippen LogP contribution in [0.2, 0.25) is 0 Å². The molecule has 0 atom stereocenters. The minimum atomic E-state index is -0.252. The average molecular weight is 273 g/mol. The minimum Gasteiger partial charge on any atom is -0.329 e. The minimum absolute atomic E-state index is 0.252. The summed E-state index contributed by atoms with van der Waals surface area (Å²) in [4.78, 5) is 6.50. The molecule has 0 aliphatic heterocycles. The van der Waals surface area contributed by atoms with Gasteiger partial charge in [-0.1, -0.05) is 19.4 Å². The highest BCUT2D eigenvalue weighted by Gasteiger charge is 2.09. The molecule has 0 unspecified atom stereocenters. The molecule has 3 nitrogen and oxygen atoms in total. The van der Waals surface area contributed by atoms with Crippen LogP contribution in [0, 0.1) is 5.82 Å². The Bertz CT molecular complexity index is 584. The Balaban J connectivity index is 2.37. The van der Waals surface area contributed by atoms with Gasteiger partial charge in [-0.3, -0.25) is 0 Å². The maximum Gasteiger partial charge on any atom is 0.133 e. The van der Waals surface area contributed by atoms with Crippen LogP contribution in [0.3, 0.4) is 0 Å². The summed E-state index contributed by atoms with van der Waals surface area (Å²) in [5.74, 6) is 0.542. The molecule has 0 aliphatic rings. The van der Waals surface area contributed by atoms with Crippen LogP contribution in [-0.2, 0) is 13.0 Å². The van der Waals surface area contributed by atoms with Gasteiger partial charge in [-0.2, -0.15) is 0 Å². The van der Waals surface area contributed by atoms with E-state index in [9.17, 15) is 4.39 Å². The third kappa shape index (κ3) is 3.33. The molecule has 1 heterocycles. The number of nitrogens with two attached hydrogens (primary N) is 1. The standard InChI is InChI=1S/C16H20FN3/c1-3-5-14-8-12(11-18)9-16(19-14)20(2)15-7-4-6-13(17)10-15/h4,6-10H,3,5,11,18H2,1-2H3. The molecular formula is C16H20FN3. The molecule has 2 aromatic rings. The Kier molecular flexibility index (Phi) is 4.69. The van der Waals surface area contributed by atoms with Gasteiger partial charge in [0.05, 0.1) is 0 Å². The second-order valence-electron chi connectivity index (χ2n) is 4.82. The molecule has 0 amide bonds. The maximum atomic E-state index is 13.3. The summed E-state index contributed by atoms with van der Waals surface area (Å²) in [6.07, 6.45) is 1.95. The van der Waals surface area contributed by atoms with Crippen molar-refractivity contribution in [3.05, 3.63) is 53.5 Å². The number of anilines is 2. The predicted molar refractivity (Wildman–Crippen MR) is 80.6 cm³/mol. The number of benzene rings is 1. The fraction of sp³-hybridized carbons (Fsp3) is 0.312. The van der Waals surface area contributed by atoms with Crippen molar-refractivity contribution in [1.29, 1.82) is 0 Å². The molecule has 0 saturated heterocycles. The first kappa shape index (κ1) is 14.5. The Morgan fingerprint density at radius 1 is 1.25 bits per heavy atom. The highest BCUT2D eigenvalue weighted by molar-refractivity contribution is 5.59. The van der Waals surface area contributed by atoms with E-state index in [1.54, 1.807) is 6.07 Å². The fourth-order valence-electron chi connectivity index (χ4n) is 2.12. The van der Waals surface area contributed by atoms with E-state index in [1.807, 2.05) is 30.1 Å². The maximum absolute atomic E-state index is 13.3. The average Bonchev–Trinajstić information content (AvgIpc) is 2.46. The van der Waals surface area contributed by atoms with Gasteiger partial charge in [0.25, 0.3) is 0 Å². The number of halogens is 1. The third-order valence-electron chi connectivity index (χ3n) is 3.21. The number of hydrogen-bond acceptors (Lipinski definition) is 3. The van der Waals surface area contributed by atoms with Crippen LogP contribution < -0.4 is 10.6 Å². The van der Waals surface area contributed by atoms with Crippen molar-refractivity contribution >= 4 is 11.5 Å². The van der Waals surface area contributed by atoms with Gasteiger partial charge in [0.15, 0.2) is 0 Å². The monoisotopic (exact) mass is 273 g/mol. The molecular weight excluding hydrogens is 253 g/mol. The van der Waals surface area contributed by atoms with E-state index < -0.39 is 0 Å². The lowest BCUT2D eigenvalue weighted by molar-refractivity contribution is 0.628. The molecule has 0 saturated carbocycles. The van der Waals surface area contributed by atoms with Crippen LogP contribution in [0.25, 0.3) is 0 Å². The van der Waals surface area contributed by atoms with Gasteiger partial charge in [-0.05, 0) is 42.3 Å². The molecule has 20 heavy (non-hydrogen) atoms. The molecule has 4 heteroatoms. The summed E-state index contributed by atoms with van der Waals surface area (Å²) in [7, 11) is 1.88. The molecule has 0 spiro atoms. The Morgan fingerprint density at radius 2 is 2.05 bits per heavy atom. The highest BCUT2D eigenvalue weighted by Crippen LogP contribution is 2.24. The van der Waals surface area contributed by atoms with Crippen molar-refractivity contribution in [2.45, 2.75) is 26.3 Å². The number of hydrogen-bond donors (Lipinski definition) is 1. The lowest BCUT2D eigenvalue weighted by atomic mass is 10.1. The summed E-state index contributed by atoms with van der Waals surface area (Å²) in [6, 6.07) is 10.5. The number of aryl methyl sites for hydroxylation is 1. The van der Waals surface area contributed by atoms with Crippen molar-refractivity contribution in [2.75, 3.05) is 11.9 Å². The molecule has 0 radical (unpaired) electrons. The SMILES string of the molecule is CCCc1cc(CN)cc(N(C)c2cccc(F)c2)n1. The zero-order chi connectivity index (χ0) is 14.5. The Hall–Kier alpha value is -1.94. The van der Waals surface area contributed by atoms with Crippen molar-refractivity contribution in [2.24, 2.45) is 5.73 Å². The van der Waals surface area contributed by atoms with Crippen LogP contribution in [-0.4, -0.2) is 12.0 Å². The number of pyridine rings is 1. The zero-order valence-corrected chi connectivity index (χ0v) is 11.9. The van der Waals surface area contributed by atoms with Crippen molar-refractivity contribution in [1.82, 2.24) is 4.98 Å². The second kappa shape index (κ2) is 6.48. The summed E-state index contributed by atoms with van der Waals surface area (Å²) in [5.41, 5.74) is 8.58. The second-order valence-corrected chi connectivity index (χ2v) is 4.82. The largest absolute Gasteiger partial charge is 0.329 e. The van der Waals surface area contributed by atoms with E-state index >= 15 is 0 Å². The van der Waals surface area contributed by atoms with Gasteiger partial charge in [-0.15, -0.1) is 0 Å². The van der Waals surface area contributed by atoms with Gasteiger partial charge < -0.3 is 10.6 Å². The first-order valence-electron chi connectivity index (χ1n) is 6.83. The molecule has 2 rings (SSSR count). The highest BCUT2D eigenvalue weighted by atomic mass is 19.1. The molecule has 0 fully saturated rings. The van der Waals surface area contributed by atoms with Crippen LogP contribution in [0.1, 0.15) is 24.6 Å². The lowest BCUT2D eigenvalue weighted by Gasteiger charge is -2.20. The van der Waals surface area contributed by atoms with Crippen molar-refractivity contribution in [3.63, 3.8) is 0 Å². The molecule has 1 aromatic heterocycles. The van der Waals surface area contributed by atoms with Crippen LogP contribution >= 0.6 is 0 Å². The molecule has 1 aromatic carbocycles. The van der Waals surface area contributed by atoms with Gasteiger partial charge in [0, 0.05) is 25.0 Å². The summed E-state index contributed by atoms with van der Waals surface area (Å²) in [5, 5.41) is 0. The smallest absolute Gasteiger partial charge is 0.133 e. The lowest BCUT2D eigenvalue weighted by Crippen LogP contribution is -2.13. The quantitative estimate of drug-likeness (QED) is 0.908. The molecule has 0 aliphatic carbocycles. The first-order valence-corrected chi connectivity index (χ1v) is 6.83. The van der Waals surface area contributed by atoms with E-state index in [4.69, 9.17) is 5.73 Å². The first-order chi connectivity index (χ1) is 9.63. The number of aromatic nitrogens is 1. The van der Waals surface area contributed by atoms with Gasteiger partial charge in [0.1, 0.15) is 11.6 Å². The Morgan fingerprint density at radius 3 is 2.70 bits per heavy atom. The molecule has 0 bridgehead atoms. The number of rotatable bonds is 5. The summed E-state index contributed by atoms with van der Waals surface area (Å²) < 4.78 is 13.3. The Labute approximate surface area is 119 Å². The van der Waals surface area contributed by atoms with Gasteiger partial charge in [-0.25, -0.2) is 9.37 Å². The van der Waals surface area contributed by atoms with Crippen LogP contribution in [0.5, 0.6) is 0 Å². The van der Waals surface area contributed by atoms with Crippen molar-refractivity contribution < 1.29 is 4.39 Å². The van der Waals surface area contributed by atoms with E-state index in [-0.39, 0.29) is 5.82 Å². The topological polar surface area (TPSA) is 42.1 Å². The fourth-order valence-corrected chi connectivity index (χ4v) is 2.12. The van der Waals surface area contributed by atoms with Crippen molar-refractivity contribution in [3.8, 4) is 0 Å². The number of nitrogens with zero attached hydrogens (tertiary/aromatic N) is 2. The molecule has 2 N–H and O–H groups in total.